The van der Waals surface area contributed by atoms with E-state index in [-0.39, 0.29) is 0 Å². The third-order valence-electron chi connectivity index (χ3n) is 2.73. The van der Waals surface area contributed by atoms with E-state index in [4.69, 9.17) is 21.4 Å². The van der Waals surface area contributed by atoms with Gasteiger partial charge in [-0.3, -0.25) is 0 Å². The van der Waals surface area contributed by atoms with Crippen LogP contribution in [0.15, 0.2) is 12.1 Å². The molecule has 0 aliphatic carbocycles. The molecule has 0 radical (unpaired) electrons. The molecule has 2 amide bonds. The lowest BCUT2D eigenvalue weighted by atomic mass is 10.1. The molecule has 0 bridgehead atoms. The number of halogens is 1. The Hall–Kier alpha value is -1.31. The first-order valence-electron chi connectivity index (χ1n) is 6.53. The molecule has 1 unspecified atom stereocenters. The van der Waals surface area contributed by atoms with Crippen LogP contribution in [0.25, 0.3) is 0 Å². The molecule has 0 aliphatic rings. The van der Waals surface area contributed by atoms with Crippen LogP contribution in [0.1, 0.15) is 17.7 Å². The molecule has 0 spiro atoms. The predicted octanol–water partition coefficient (Wildman–Crippen LogP) is 2.12. The van der Waals surface area contributed by atoms with Gasteiger partial charge in [-0.1, -0.05) is 11.6 Å². The maximum absolute atomic E-state index is 11.6. The van der Waals surface area contributed by atoms with Crippen LogP contribution in [0.5, 0.6) is 0 Å². The Balaban J connectivity index is 2.27. The highest BCUT2D eigenvalue weighted by Crippen LogP contribution is 2.21. The van der Waals surface area contributed by atoms with Crippen LogP contribution in [0.4, 0.5) is 4.79 Å². The minimum Gasteiger partial charge on any atom is -0.480 e. The number of carboxylic acid groups (broad SMARTS) is 1. The molecule has 3 N–H and O–H groups in total. The minimum absolute atomic E-state index is 0.330. The van der Waals surface area contributed by atoms with Gasteiger partial charge in [0, 0.05) is 25.1 Å². The van der Waals surface area contributed by atoms with Gasteiger partial charge in [0.15, 0.2) is 0 Å². The van der Waals surface area contributed by atoms with Crippen molar-refractivity contribution in [3.63, 3.8) is 0 Å². The van der Waals surface area contributed by atoms with Crippen molar-refractivity contribution >= 4 is 34.9 Å². The number of urea groups is 1. The van der Waals surface area contributed by atoms with E-state index < -0.39 is 18.0 Å². The maximum Gasteiger partial charge on any atom is 0.326 e. The molecule has 1 atom stereocenters. The van der Waals surface area contributed by atoms with Crippen molar-refractivity contribution in [3.8, 4) is 0 Å². The van der Waals surface area contributed by atoms with Crippen LogP contribution in [0.2, 0.25) is 4.34 Å². The fourth-order valence-corrected chi connectivity index (χ4v) is 2.77. The monoisotopic (exact) mass is 334 g/mol. The van der Waals surface area contributed by atoms with E-state index in [0.29, 0.717) is 36.8 Å². The molecule has 118 valence electrons. The number of hydrogen-bond donors (Lipinski definition) is 3. The van der Waals surface area contributed by atoms with Crippen molar-refractivity contribution in [2.24, 2.45) is 0 Å². The first kappa shape index (κ1) is 17.7. The molecule has 0 fully saturated rings. The number of carbonyl (C=O) groups excluding carboxylic acids is 1. The largest absolute Gasteiger partial charge is 0.480 e. The Morgan fingerprint density at radius 1 is 1.48 bits per heavy atom. The number of nitrogens with one attached hydrogen (secondary N) is 2. The molecule has 0 aromatic carbocycles. The van der Waals surface area contributed by atoms with E-state index in [1.807, 2.05) is 6.07 Å². The van der Waals surface area contributed by atoms with Crippen molar-refractivity contribution in [1.29, 1.82) is 0 Å². The summed E-state index contributed by atoms with van der Waals surface area (Å²) in [6, 6.07) is 2.31. The van der Waals surface area contributed by atoms with Gasteiger partial charge in [0.05, 0.1) is 4.34 Å². The number of ether oxygens (including phenoxy) is 1. The van der Waals surface area contributed by atoms with Gasteiger partial charge in [0.2, 0.25) is 0 Å². The maximum atomic E-state index is 11.6. The minimum atomic E-state index is -1.05. The van der Waals surface area contributed by atoms with Crippen LogP contribution >= 0.6 is 22.9 Å². The molecule has 1 aromatic rings. The summed E-state index contributed by atoms with van der Waals surface area (Å²) in [7, 11) is 1.55. The Bertz CT molecular complexity index is 467. The van der Waals surface area contributed by atoms with E-state index in [2.05, 4.69) is 10.6 Å². The summed E-state index contributed by atoms with van der Waals surface area (Å²) in [6.45, 7) is 0.888. The first-order chi connectivity index (χ1) is 10.0. The topological polar surface area (TPSA) is 87.7 Å². The quantitative estimate of drug-likeness (QED) is 0.604. The van der Waals surface area contributed by atoms with Crippen molar-refractivity contribution in [2.75, 3.05) is 20.3 Å². The molecule has 1 aromatic heterocycles. The van der Waals surface area contributed by atoms with Crippen LogP contribution in [-0.4, -0.2) is 43.4 Å². The van der Waals surface area contributed by atoms with E-state index >= 15 is 0 Å². The zero-order valence-corrected chi connectivity index (χ0v) is 13.3. The normalized spacial score (nSPS) is 11.9. The summed E-state index contributed by atoms with van der Waals surface area (Å²) in [6.07, 6.45) is 1.56. The standard InChI is InChI=1S/C13H19ClN2O4S/c1-20-8-2-3-10(12(17)18)16-13(19)15-7-6-9-4-5-11(14)21-9/h4-5,10H,2-3,6-8H2,1H3,(H,17,18)(H2,15,16,19). The van der Waals surface area contributed by atoms with E-state index in [1.54, 1.807) is 13.2 Å². The number of hydrogen-bond acceptors (Lipinski definition) is 4. The molecule has 0 saturated carbocycles. The highest BCUT2D eigenvalue weighted by Gasteiger charge is 2.19. The van der Waals surface area contributed by atoms with Crippen molar-refractivity contribution in [2.45, 2.75) is 25.3 Å². The van der Waals surface area contributed by atoms with Gasteiger partial charge in [-0.25, -0.2) is 9.59 Å². The van der Waals surface area contributed by atoms with Crippen LogP contribution in [-0.2, 0) is 16.0 Å². The smallest absolute Gasteiger partial charge is 0.326 e. The highest BCUT2D eigenvalue weighted by atomic mass is 35.5. The van der Waals surface area contributed by atoms with Gasteiger partial charge in [0.25, 0.3) is 0 Å². The van der Waals surface area contributed by atoms with Gasteiger partial charge in [0.1, 0.15) is 6.04 Å². The first-order valence-corrected chi connectivity index (χ1v) is 7.72. The zero-order chi connectivity index (χ0) is 15.7. The second-order valence-electron chi connectivity index (χ2n) is 4.38. The van der Waals surface area contributed by atoms with Gasteiger partial charge in [-0.2, -0.15) is 0 Å². The molecule has 21 heavy (non-hydrogen) atoms. The number of amides is 2. The zero-order valence-electron chi connectivity index (χ0n) is 11.7. The van der Waals surface area contributed by atoms with Gasteiger partial charge < -0.3 is 20.5 Å². The average Bonchev–Trinajstić information content (AvgIpc) is 2.83. The Morgan fingerprint density at radius 3 is 2.81 bits per heavy atom. The Labute approximate surface area is 132 Å². The number of carbonyl (C=O) groups is 2. The lowest BCUT2D eigenvalue weighted by Crippen LogP contribution is -2.46. The third-order valence-corrected chi connectivity index (χ3v) is 4.02. The summed E-state index contributed by atoms with van der Waals surface area (Å²) < 4.78 is 5.57. The second-order valence-corrected chi connectivity index (χ2v) is 6.18. The van der Waals surface area contributed by atoms with E-state index in [1.165, 1.54) is 11.3 Å². The van der Waals surface area contributed by atoms with Crippen LogP contribution in [0, 0.1) is 0 Å². The average molecular weight is 335 g/mol. The van der Waals surface area contributed by atoms with Crippen molar-refractivity contribution in [3.05, 3.63) is 21.3 Å². The molecule has 1 heterocycles. The van der Waals surface area contributed by atoms with Crippen molar-refractivity contribution < 1.29 is 19.4 Å². The Kier molecular flexibility index (Phi) is 8.11. The molecule has 6 nitrogen and oxygen atoms in total. The van der Waals surface area contributed by atoms with E-state index in [9.17, 15) is 9.59 Å². The fourth-order valence-electron chi connectivity index (χ4n) is 1.68. The fraction of sp³-hybridized carbons (Fsp3) is 0.538. The summed E-state index contributed by atoms with van der Waals surface area (Å²) in [5.74, 6) is -1.05. The SMILES string of the molecule is COCCCC(NC(=O)NCCc1ccc(Cl)s1)C(=O)O. The number of methoxy groups -OCH3 is 1. The number of aliphatic carboxylic acids is 1. The summed E-state index contributed by atoms with van der Waals surface area (Å²) in [5.41, 5.74) is 0. The van der Waals surface area contributed by atoms with Crippen LogP contribution < -0.4 is 10.6 Å². The van der Waals surface area contributed by atoms with Gasteiger partial charge in [-0.05, 0) is 31.4 Å². The number of rotatable bonds is 9. The van der Waals surface area contributed by atoms with Crippen LogP contribution in [0.3, 0.4) is 0 Å². The number of thiophene rings is 1. The van der Waals surface area contributed by atoms with Crippen molar-refractivity contribution in [1.82, 2.24) is 10.6 Å². The lowest BCUT2D eigenvalue weighted by molar-refractivity contribution is -0.139. The molecular weight excluding hydrogens is 316 g/mol. The second kappa shape index (κ2) is 9.59. The third kappa shape index (κ3) is 7.31. The molecular formula is C13H19ClN2O4S. The lowest BCUT2D eigenvalue weighted by Gasteiger charge is -2.14. The Morgan fingerprint density at radius 2 is 2.24 bits per heavy atom. The molecule has 0 aliphatic heterocycles. The molecule has 8 heteroatoms. The van der Waals surface area contributed by atoms with E-state index in [0.717, 1.165) is 4.88 Å². The number of carboxylic acids is 1. The molecule has 0 saturated heterocycles. The van der Waals surface area contributed by atoms with Gasteiger partial charge in [-0.15, -0.1) is 11.3 Å². The van der Waals surface area contributed by atoms with Gasteiger partial charge >= 0.3 is 12.0 Å². The summed E-state index contributed by atoms with van der Waals surface area (Å²) in [4.78, 5) is 23.7. The highest BCUT2D eigenvalue weighted by molar-refractivity contribution is 7.16. The summed E-state index contributed by atoms with van der Waals surface area (Å²) >= 11 is 7.27. The summed E-state index contributed by atoms with van der Waals surface area (Å²) in [5, 5.41) is 14.1. The predicted molar refractivity (Wildman–Crippen MR) is 82.1 cm³/mol. The molecule has 1 rings (SSSR count).